The average molecular weight is 413 g/mol. The van der Waals surface area contributed by atoms with E-state index in [1.165, 1.54) is 17.4 Å². The molecule has 3 heterocycles. The van der Waals surface area contributed by atoms with Crippen molar-refractivity contribution in [1.29, 1.82) is 0 Å². The third-order valence-electron chi connectivity index (χ3n) is 5.85. The van der Waals surface area contributed by atoms with Gasteiger partial charge < -0.3 is 14.1 Å². The number of rotatable bonds is 8. The van der Waals surface area contributed by atoms with E-state index < -0.39 is 0 Å². The van der Waals surface area contributed by atoms with E-state index in [-0.39, 0.29) is 5.91 Å². The molecule has 0 unspecified atom stereocenters. The summed E-state index contributed by atoms with van der Waals surface area (Å²) in [5.41, 5.74) is 2.96. The van der Waals surface area contributed by atoms with Crippen LogP contribution in [0.3, 0.4) is 0 Å². The van der Waals surface area contributed by atoms with Crippen LogP contribution < -0.4 is 0 Å². The fraction of sp³-hybridized carbons (Fsp3) is 0.565. The molecule has 1 aromatic carbocycles. The van der Waals surface area contributed by atoms with Gasteiger partial charge in [0.2, 0.25) is 5.89 Å². The van der Waals surface area contributed by atoms with Gasteiger partial charge in [0.05, 0.1) is 19.8 Å². The van der Waals surface area contributed by atoms with Crippen molar-refractivity contribution < 1.29 is 13.9 Å². The number of aryl methyl sites for hydroxylation is 1. The van der Waals surface area contributed by atoms with Gasteiger partial charge in [0.1, 0.15) is 6.26 Å². The molecular formula is C23H32N4O3. The zero-order valence-corrected chi connectivity index (χ0v) is 17.9. The van der Waals surface area contributed by atoms with Gasteiger partial charge in [-0.3, -0.25) is 14.6 Å². The lowest BCUT2D eigenvalue weighted by atomic mass is 10.1. The van der Waals surface area contributed by atoms with Gasteiger partial charge in [0.25, 0.3) is 5.91 Å². The molecule has 2 aliphatic heterocycles. The molecule has 1 aromatic heterocycles. The quantitative estimate of drug-likeness (QED) is 0.664. The van der Waals surface area contributed by atoms with E-state index in [4.69, 9.17) is 9.15 Å². The summed E-state index contributed by atoms with van der Waals surface area (Å²) in [5, 5.41) is 0. The minimum absolute atomic E-state index is 0.0129. The van der Waals surface area contributed by atoms with Crippen molar-refractivity contribution in [2.24, 2.45) is 0 Å². The maximum absolute atomic E-state index is 12.6. The molecule has 0 bridgehead atoms. The Labute approximate surface area is 178 Å². The molecule has 0 spiro atoms. The van der Waals surface area contributed by atoms with Crippen LogP contribution in [0.5, 0.6) is 0 Å². The molecule has 0 aliphatic carbocycles. The Morgan fingerprint density at radius 3 is 2.70 bits per heavy atom. The molecule has 2 saturated heterocycles. The zero-order chi connectivity index (χ0) is 20.8. The van der Waals surface area contributed by atoms with Crippen LogP contribution >= 0.6 is 0 Å². The van der Waals surface area contributed by atoms with Crippen LogP contribution in [0.15, 0.2) is 34.9 Å². The second-order valence-corrected chi connectivity index (χ2v) is 8.28. The van der Waals surface area contributed by atoms with Gasteiger partial charge in [-0.05, 0) is 25.3 Å². The lowest BCUT2D eigenvalue weighted by Gasteiger charge is -2.29. The van der Waals surface area contributed by atoms with Crippen molar-refractivity contribution in [3.63, 3.8) is 0 Å². The molecule has 0 atom stereocenters. The summed E-state index contributed by atoms with van der Waals surface area (Å²) in [7, 11) is 0. The van der Waals surface area contributed by atoms with E-state index >= 15 is 0 Å². The minimum Gasteiger partial charge on any atom is -0.447 e. The van der Waals surface area contributed by atoms with Crippen LogP contribution in [0.2, 0.25) is 0 Å². The number of carbonyl (C=O) groups is 1. The highest BCUT2D eigenvalue weighted by molar-refractivity contribution is 5.92. The lowest BCUT2D eigenvalue weighted by Crippen LogP contribution is -2.41. The summed E-state index contributed by atoms with van der Waals surface area (Å²) in [6, 6.07) is 8.60. The SMILES string of the molecule is Cc1cccc(CN(CCN2CCOCC2)Cc2nc(C(=O)N3CCCC3)co2)c1. The zero-order valence-electron chi connectivity index (χ0n) is 17.9. The van der Waals surface area contributed by atoms with Crippen LogP contribution in [0.25, 0.3) is 0 Å². The Bertz CT molecular complexity index is 825. The maximum Gasteiger partial charge on any atom is 0.275 e. The number of nitrogens with zero attached hydrogens (tertiary/aromatic N) is 4. The molecule has 0 saturated carbocycles. The second kappa shape index (κ2) is 10.2. The summed E-state index contributed by atoms with van der Waals surface area (Å²) in [6.07, 6.45) is 3.66. The number of carbonyl (C=O) groups excluding carboxylic acids is 1. The van der Waals surface area contributed by atoms with Crippen molar-refractivity contribution in [3.05, 3.63) is 53.2 Å². The highest BCUT2D eigenvalue weighted by atomic mass is 16.5. The monoisotopic (exact) mass is 412 g/mol. The van der Waals surface area contributed by atoms with Gasteiger partial charge in [-0.15, -0.1) is 0 Å². The highest BCUT2D eigenvalue weighted by Crippen LogP contribution is 2.15. The second-order valence-electron chi connectivity index (χ2n) is 8.28. The van der Waals surface area contributed by atoms with Crippen LogP contribution in [0.4, 0.5) is 0 Å². The Morgan fingerprint density at radius 1 is 1.13 bits per heavy atom. The highest BCUT2D eigenvalue weighted by Gasteiger charge is 2.23. The molecule has 1 amide bonds. The van der Waals surface area contributed by atoms with Crippen LogP contribution in [0.1, 0.15) is 40.3 Å². The first-order valence-corrected chi connectivity index (χ1v) is 11.0. The summed E-state index contributed by atoms with van der Waals surface area (Å²) >= 11 is 0. The molecule has 2 fully saturated rings. The van der Waals surface area contributed by atoms with E-state index in [0.29, 0.717) is 18.1 Å². The number of amides is 1. The van der Waals surface area contributed by atoms with Crippen LogP contribution in [0, 0.1) is 6.92 Å². The Morgan fingerprint density at radius 2 is 1.93 bits per heavy atom. The molecule has 30 heavy (non-hydrogen) atoms. The van der Waals surface area contributed by atoms with Gasteiger partial charge in [0, 0.05) is 45.8 Å². The van der Waals surface area contributed by atoms with Crippen LogP contribution in [-0.2, 0) is 17.8 Å². The van der Waals surface area contributed by atoms with Crippen molar-refractivity contribution in [1.82, 2.24) is 19.7 Å². The molecule has 4 rings (SSSR count). The fourth-order valence-electron chi connectivity index (χ4n) is 4.15. The van der Waals surface area contributed by atoms with E-state index in [0.717, 1.165) is 71.9 Å². The van der Waals surface area contributed by atoms with Gasteiger partial charge in [-0.25, -0.2) is 4.98 Å². The topological polar surface area (TPSA) is 62.1 Å². The number of aromatic nitrogens is 1. The first-order chi connectivity index (χ1) is 14.7. The molecule has 2 aliphatic rings. The van der Waals surface area contributed by atoms with Crippen molar-refractivity contribution in [2.45, 2.75) is 32.9 Å². The fourth-order valence-corrected chi connectivity index (χ4v) is 4.15. The normalized spacial score (nSPS) is 17.7. The molecular weight excluding hydrogens is 380 g/mol. The van der Waals surface area contributed by atoms with Crippen molar-refractivity contribution >= 4 is 5.91 Å². The minimum atomic E-state index is -0.0129. The van der Waals surface area contributed by atoms with Crippen molar-refractivity contribution in [2.75, 3.05) is 52.5 Å². The van der Waals surface area contributed by atoms with E-state index in [1.807, 2.05) is 4.90 Å². The number of likely N-dealkylation sites (tertiary alicyclic amines) is 1. The van der Waals surface area contributed by atoms with E-state index in [1.54, 1.807) is 0 Å². The van der Waals surface area contributed by atoms with Crippen LogP contribution in [-0.4, -0.2) is 78.1 Å². The van der Waals surface area contributed by atoms with Gasteiger partial charge in [0.15, 0.2) is 5.69 Å². The standard InChI is InChI=1S/C23H32N4O3/c1-19-5-4-6-20(15-19)16-26(10-9-25-11-13-29-14-12-25)17-22-24-21(18-30-22)23(28)27-7-2-3-8-27/h4-6,15,18H,2-3,7-14,16-17H2,1H3. The summed E-state index contributed by atoms with van der Waals surface area (Å²) in [5.74, 6) is 0.591. The summed E-state index contributed by atoms with van der Waals surface area (Å²) in [4.78, 5) is 23.7. The molecule has 0 radical (unpaired) electrons. The number of hydrogen-bond donors (Lipinski definition) is 0. The van der Waals surface area contributed by atoms with Gasteiger partial charge in [-0.2, -0.15) is 0 Å². The smallest absolute Gasteiger partial charge is 0.275 e. The largest absolute Gasteiger partial charge is 0.447 e. The molecule has 7 nitrogen and oxygen atoms in total. The molecule has 2 aromatic rings. The first kappa shape index (κ1) is 21.0. The Hall–Kier alpha value is -2.22. The van der Waals surface area contributed by atoms with Gasteiger partial charge in [-0.1, -0.05) is 29.8 Å². The van der Waals surface area contributed by atoms with E-state index in [2.05, 4.69) is 46.0 Å². The number of morpholine rings is 1. The summed E-state index contributed by atoms with van der Waals surface area (Å²) in [6.45, 7) is 10.6. The Kier molecular flexibility index (Phi) is 7.15. The lowest BCUT2D eigenvalue weighted by molar-refractivity contribution is 0.0320. The average Bonchev–Trinajstić information content (AvgIpc) is 3.45. The third kappa shape index (κ3) is 5.68. The van der Waals surface area contributed by atoms with Crippen molar-refractivity contribution in [3.8, 4) is 0 Å². The third-order valence-corrected chi connectivity index (χ3v) is 5.85. The summed E-state index contributed by atoms with van der Waals surface area (Å²) < 4.78 is 11.2. The molecule has 162 valence electrons. The predicted molar refractivity (Wildman–Crippen MR) is 114 cm³/mol. The Balaban J connectivity index is 1.41. The maximum atomic E-state index is 12.6. The number of oxazole rings is 1. The van der Waals surface area contributed by atoms with Gasteiger partial charge >= 0.3 is 0 Å². The first-order valence-electron chi connectivity index (χ1n) is 11.0. The number of benzene rings is 1. The number of ether oxygens (including phenoxy) is 1. The number of hydrogen-bond acceptors (Lipinski definition) is 6. The van der Waals surface area contributed by atoms with E-state index in [9.17, 15) is 4.79 Å². The molecule has 0 N–H and O–H groups in total. The molecule has 7 heteroatoms. The predicted octanol–water partition coefficient (Wildman–Crippen LogP) is 2.55.